The van der Waals surface area contributed by atoms with E-state index in [1.165, 1.54) is 0 Å². The molecule has 1 heterocycles. The lowest BCUT2D eigenvalue weighted by Crippen LogP contribution is -1.99. The van der Waals surface area contributed by atoms with E-state index in [4.69, 9.17) is 11.6 Å². The number of rotatable bonds is 2. The van der Waals surface area contributed by atoms with Crippen LogP contribution in [0.15, 0.2) is 45.7 Å². The predicted molar refractivity (Wildman–Crippen MR) is 88.8 cm³/mol. The zero-order valence-electron chi connectivity index (χ0n) is 10.1. The number of benzene rings is 2. The van der Waals surface area contributed by atoms with E-state index < -0.39 is 0 Å². The van der Waals surface area contributed by atoms with Crippen molar-refractivity contribution in [2.75, 3.05) is 0 Å². The average Bonchev–Trinajstić information content (AvgIpc) is 2.76. The van der Waals surface area contributed by atoms with Gasteiger partial charge in [-0.1, -0.05) is 55.6 Å². The smallest absolute Gasteiger partial charge is 0.306 e. The third-order valence-corrected chi connectivity index (χ3v) is 4.99. The Kier molecular flexibility index (Phi) is 3.75. The van der Waals surface area contributed by atoms with Gasteiger partial charge in [0.2, 0.25) is 0 Å². The van der Waals surface area contributed by atoms with Crippen molar-refractivity contribution < 1.29 is 0 Å². The van der Waals surface area contributed by atoms with Crippen molar-refractivity contribution in [3.05, 3.63) is 67.5 Å². The molecule has 0 saturated heterocycles. The van der Waals surface area contributed by atoms with Gasteiger partial charge in [-0.2, -0.15) is 0 Å². The number of hydrogen-bond donors (Lipinski definition) is 2. The van der Waals surface area contributed by atoms with Crippen LogP contribution in [0.25, 0.3) is 11.0 Å². The highest BCUT2D eigenvalue weighted by molar-refractivity contribution is 9.11. The molecule has 0 saturated carbocycles. The van der Waals surface area contributed by atoms with Crippen molar-refractivity contribution in [3.8, 4) is 0 Å². The largest absolute Gasteiger partial charge is 0.323 e. The molecule has 20 heavy (non-hydrogen) atoms. The summed E-state index contributed by atoms with van der Waals surface area (Å²) in [6.07, 6.45) is 0. The number of hydrogen-bond acceptors (Lipinski definition) is 1. The van der Waals surface area contributed by atoms with Crippen LogP contribution in [-0.2, 0) is 0 Å². The van der Waals surface area contributed by atoms with Gasteiger partial charge in [0.15, 0.2) is 0 Å². The second-order valence-corrected chi connectivity index (χ2v) is 6.62. The Morgan fingerprint density at radius 3 is 2.50 bits per heavy atom. The molecule has 0 amide bonds. The Bertz CT molecular complexity index is 841. The van der Waals surface area contributed by atoms with Crippen LogP contribution in [0.5, 0.6) is 0 Å². The van der Waals surface area contributed by atoms with Crippen LogP contribution < -0.4 is 5.69 Å². The van der Waals surface area contributed by atoms with Crippen LogP contribution in [-0.4, -0.2) is 9.97 Å². The molecule has 0 radical (unpaired) electrons. The normalized spacial score (nSPS) is 12.8. The monoisotopic (exact) mass is 414 g/mol. The van der Waals surface area contributed by atoms with Gasteiger partial charge >= 0.3 is 5.69 Å². The van der Waals surface area contributed by atoms with Gasteiger partial charge in [-0.3, -0.25) is 0 Å². The summed E-state index contributed by atoms with van der Waals surface area (Å²) in [4.78, 5) is 16.8. The highest BCUT2D eigenvalue weighted by atomic mass is 79.9. The molecule has 1 atom stereocenters. The molecule has 0 aliphatic rings. The maximum atomic E-state index is 11.3. The number of nitrogens with one attached hydrogen (secondary N) is 2. The van der Waals surface area contributed by atoms with E-state index in [1.807, 2.05) is 36.4 Å². The quantitative estimate of drug-likeness (QED) is 0.582. The summed E-state index contributed by atoms with van der Waals surface area (Å²) in [5.74, 6) is 0. The average molecular weight is 417 g/mol. The molecule has 0 bridgehead atoms. The second-order valence-electron chi connectivity index (χ2n) is 4.42. The fourth-order valence-corrected chi connectivity index (χ4v) is 3.85. The summed E-state index contributed by atoms with van der Waals surface area (Å²) in [7, 11) is 0. The molecule has 2 N–H and O–H groups in total. The summed E-state index contributed by atoms with van der Waals surface area (Å²) < 4.78 is 0.919. The van der Waals surface area contributed by atoms with Crippen LogP contribution in [0.2, 0.25) is 5.02 Å². The van der Waals surface area contributed by atoms with E-state index >= 15 is 0 Å². The zero-order valence-corrected chi connectivity index (χ0v) is 14.0. The number of aromatic nitrogens is 2. The molecule has 3 rings (SSSR count). The maximum Gasteiger partial charge on any atom is 0.323 e. The third-order valence-electron chi connectivity index (χ3n) is 3.05. The topological polar surface area (TPSA) is 48.6 Å². The highest BCUT2D eigenvalue weighted by Gasteiger charge is 2.15. The van der Waals surface area contributed by atoms with Gasteiger partial charge in [0, 0.05) is 9.50 Å². The van der Waals surface area contributed by atoms with Gasteiger partial charge in [-0.05, 0) is 35.4 Å². The molecular weight excluding hydrogens is 407 g/mol. The number of halogens is 3. The number of alkyl halides is 1. The molecule has 102 valence electrons. The Balaban J connectivity index is 2.13. The van der Waals surface area contributed by atoms with Crippen LogP contribution in [0, 0.1) is 0 Å². The Labute approximate surface area is 136 Å². The molecule has 0 aliphatic carbocycles. The first kappa shape index (κ1) is 13.9. The van der Waals surface area contributed by atoms with Gasteiger partial charge in [-0.25, -0.2) is 4.79 Å². The first-order chi connectivity index (χ1) is 9.54. The standard InChI is InChI=1S/C14H9Br2ClN2O/c15-10-6-12-11(18-14(20)19-12)5-9(10)13(16)7-2-1-3-8(17)4-7/h1-6,13H,(H2,18,19,20). The van der Waals surface area contributed by atoms with E-state index in [1.54, 1.807) is 0 Å². The first-order valence-electron chi connectivity index (χ1n) is 5.85. The molecule has 3 aromatic rings. The fourth-order valence-electron chi connectivity index (χ4n) is 2.11. The molecule has 1 aromatic heterocycles. The van der Waals surface area contributed by atoms with Gasteiger partial charge in [0.25, 0.3) is 0 Å². The van der Waals surface area contributed by atoms with Crippen LogP contribution in [0.4, 0.5) is 0 Å². The van der Waals surface area contributed by atoms with Crippen LogP contribution in [0.1, 0.15) is 16.0 Å². The number of fused-ring (bicyclic) bond motifs is 1. The Morgan fingerprint density at radius 2 is 1.80 bits per heavy atom. The minimum Gasteiger partial charge on any atom is -0.306 e. The van der Waals surface area contributed by atoms with Crippen molar-refractivity contribution >= 4 is 54.5 Å². The van der Waals surface area contributed by atoms with Crippen molar-refractivity contribution in [3.63, 3.8) is 0 Å². The van der Waals surface area contributed by atoms with Gasteiger partial charge < -0.3 is 9.97 Å². The molecular formula is C14H9Br2ClN2O. The molecule has 2 aromatic carbocycles. The van der Waals surface area contributed by atoms with E-state index in [9.17, 15) is 4.79 Å². The molecule has 0 spiro atoms. The number of H-pyrrole nitrogens is 2. The fraction of sp³-hybridized carbons (Fsp3) is 0.0714. The molecule has 0 aliphatic heterocycles. The maximum absolute atomic E-state index is 11.3. The number of aromatic amines is 2. The summed E-state index contributed by atoms with van der Waals surface area (Å²) in [6.45, 7) is 0. The lowest BCUT2D eigenvalue weighted by molar-refractivity contribution is 1.17. The lowest BCUT2D eigenvalue weighted by Gasteiger charge is -2.13. The van der Waals surface area contributed by atoms with E-state index in [-0.39, 0.29) is 10.5 Å². The first-order valence-corrected chi connectivity index (χ1v) is 7.94. The summed E-state index contributed by atoms with van der Waals surface area (Å²) in [5, 5.41) is 0.694. The van der Waals surface area contributed by atoms with Crippen molar-refractivity contribution in [1.82, 2.24) is 9.97 Å². The summed E-state index contributed by atoms with van der Waals surface area (Å²) in [5.41, 5.74) is 3.42. The number of imidazole rings is 1. The van der Waals surface area contributed by atoms with Gasteiger partial charge in [0.05, 0.1) is 15.9 Å². The summed E-state index contributed by atoms with van der Waals surface area (Å²) >= 11 is 13.3. The van der Waals surface area contributed by atoms with Gasteiger partial charge in [-0.15, -0.1) is 0 Å². The van der Waals surface area contributed by atoms with E-state index in [0.717, 1.165) is 26.6 Å². The summed E-state index contributed by atoms with van der Waals surface area (Å²) in [6, 6.07) is 11.5. The van der Waals surface area contributed by atoms with Crippen LogP contribution in [0.3, 0.4) is 0 Å². The van der Waals surface area contributed by atoms with Crippen molar-refractivity contribution in [2.24, 2.45) is 0 Å². The van der Waals surface area contributed by atoms with E-state index in [2.05, 4.69) is 41.8 Å². The molecule has 1 unspecified atom stereocenters. The van der Waals surface area contributed by atoms with E-state index in [0.29, 0.717) is 5.02 Å². The molecule has 6 heteroatoms. The predicted octanol–water partition coefficient (Wildman–Crippen LogP) is 4.76. The van der Waals surface area contributed by atoms with Gasteiger partial charge in [0.1, 0.15) is 0 Å². The second kappa shape index (κ2) is 5.39. The molecule has 3 nitrogen and oxygen atoms in total. The highest BCUT2D eigenvalue weighted by Crippen LogP contribution is 2.37. The minimum atomic E-state index is -0.210. The van der Waals surface area contributed by atoms with Crippen LogP contribution >= 0.6 is 43.5 Å². The zero-order chi connectivity index (χ0) is 14.3. The SMILES string of the molecule is O=c1[nH]c2cc(Br)c(C(Br)c3cccc(Cl)c3)cc2[nH]1. The Hall–Kier alpha value is -1.04. The van der Waals surface area contributed by atoms with Crippen molar-refractivity contribution in [2.45, 2.75) is 4.83 Å². The third kappa shape index (κ3) is 2.57. The minimum absolute atomic E-state index is 0.0154. The molecule has 0 fully saturated rings. The lowest BCUT2D eigenvalue weighted by atomic mass is 10.0. The van der Waals surface area contributed by atoms with Crippen molar-refractivity contribution in [1.29, 1.82) is 0 Å². The Morgan fingerprint density at radius 1 is 1.10 bits per heavy atom.